The highest BCUT2D eigenvalue weighted by molar-refractivity contribution is 5.92. The quantitative estimate of drug-likeness (QED) is 0.803. The highest BCUT2D eigenvalue weighted by Crippen LogP contribution is 2.10. The number of hydrogen-bond acceptors (Lipinski definition) is 4. The van der Waals surface area contributed by atoms with Crippen molar-refractivity contribution in [3.63, 3.8) is 0 Å². The second kappa shape index (κ2) is 7.24. The molecule has 2 heterocycles. The number of carbonyl (C=O) groups excluding carboxylic acids is 1. The fourth-order valence-electron chi connectivity index (χ4n) is 2.43. The van der Waals surface area contributed by atoms with E-state index in [0.717, 1.165) is 25.2 Å². The van der Waals surface area contributed by atoms with Gasteiger partial charge in [-0.3, -0.25) is 9.78 Å². The summed E-state index contributed by atoms with van der Waals surface area (Å²) in [4.78, 5) is 20.0. The molecule has 1 N–H and O–H groups in total. The van der Waals surface area contributed by atoms with Gasteiger partial charge in [-0.1, -0.05) is 0 Å². The van der Waals surface area contributed by atoms with E-state index in [-0.39, 0.29) is 5.91 Å². The monoisotopic (exact) mass is 276 g/mol. The number of anilines is 1. The molecule has 1 saturated heterocycles. The molecule has 1 aromatic rings. The van der Waals surface area contributed by atoms with E-state index in [1.165, 1.54) is 25.9 Å². The summed E-state index contributed by atoms with van der Waals surface area (Å²) < 4.78 is 0. The van der Waals surface area contributed by atoms with Crippen molar-refractivity contribution in [2.24, 2.45) is 0 Å². The first-order valence-electron chi connectivity index (χ1n) is 7.31. The van der Waals surface area contributed by atoms with Crippen LogP contribution in [0, 0.1) is 0 Å². The molecule has 0 saturated carbocycles. The number of nitrogens with zero attached hydrogens (tertiary/aromatic N) is 3. The summed E-state index contributed by atoms with van der Waals surface area (Å²) in [6.45, 7) is 4.57. The molecule has 1 aromatic heterocycles. The van der Waals surface area contributed by atoms with E-state index in [1.54, 1.807) is 25.2 Å². The Morgan fingerprint density at radius 3 is 2.85 bits per heavy atom. The molecular weight excluding hydrogens is 252 g/mol. The molecule has 0 spiro atoms. The Morgan fingerprint density at radius 1 is 1.40 bits per heavy atom. The van der Waals surface area contributed by atoms with E-state index < -0.39 is 0 Å². The lowest BCUT2D eigenvalue weighted by atomic mass is 10.3. The van der Waals surface area contributed by atoms with Crippen LogP contribution in [0.1, 0.15) is 29.8 Å². The molecule has 5 nitrogen and oxygen atoms in total. The summed E-state index contributed by atoms with van der Waals surface area (Å²) in [5, 5.41) is 3.37. The second-order valence-corrected chi connectivity index (χ2v) is 5.46. The minimum atomic E-state index is -0.0642. The van der Waals surface area contributed by atoms with Gasteiger partial charge in [-0.15, -0.1) is 0 Å². The number of likely N-dealkylation sites (tertiary alicyclic amines) is 1. The van der Waals surface area contributed by atoms with Gasteiger partial charge in [0.25, 0.3) is 5.91 Å². The molecule has 2 rings (SSSR count). The molecular formula is C15H24N4O. The van der Waals surface area contributed by atoms with Crippen LogP contribution in [-0.2, 0) is 0 Å². The van der Waals surface area contributed by atoms with E-state index in [0.29, 0.717) is 5.69 Å². The Kier molecular flexibility index (Phi) is 5.35. The Balaban J connectivity index is 1.77. The van der Waals surface area contributed by atoms with Crippen LogP contribution in [0.2, 0.25) is 0 Å². The fourth-order valence-corrected chi connectivity index (χ4v) is 2.43. The van der Waals surface area contributed by atoms with Crippen LogP contribution in [0.5, 0.6) is 0 Å². The van der Waals surface area contributed by atoms with Crippen molar-refractivity contribution in [3.05, 3.63) is 24.0 Å². The third-order valence-electron chi connectivity index (χ3n) is 3.56. The van der Waals surface area contributed by atoms with Gasteiger partial charge in [0.05, 0.1) is 0 Å². The van der Waals surface area contributed by atoms with Crippen LogP contribution in [0.15, 0.2) is 18.3 Å². The summed E-state index contributed by atoms with van der Waals surface area (Å²) in [6, 6.07) is 3.72. The lowest BCUT2D eigenvalue weighted by molar-refractivity contribution is 0.0822. The van der Waals surface area contributed by atoms with Gasteiger partial charge < -0.3 is 15.1 Å². The molecule has 0 aliphatic carbocycles. The van der Waals surface area contributed by atoms with Crippen molar-refractivity contribution in [1.82, 2.24) is 14.8 Å². The Labute approximate surface area is 121 Å². The molecule has 0 atom stereocenters. The molecule has 1 amide bonds. The van der Waals surface area contributed by atoms with Crippen molar-refractivity contribution < 1.29 is 4.79 Å². The van der Waals surface area contributed by atoms with Gasteiger partial charge in [0.2, 0.25) is 0 Å². The molecule has 0 unspecified atom stereocenters. The van der Waals surface area contributed by atoms with E-state index in [4.69, 9.17) is 0 Å². The van der Waals surface area contributed by atoms with Crippen LogP contribution in [0.4, 0.5) is 5.69 Å². The first kappa shape index (κ1) is 14.8. The molecule has 1 aliphatic rings. The van der Waals surface area contributed by atoms with E-state index in [9.17, 15) is 4.79 Å². The number of pyridine rings is 1. The predicted octanol–water partition coefficient (Wildman–Crippen LogP) is 1.68. The van der Waals surface area contributed by atoms with Gasteiger partial charge in [-0.2, -0.15) is 0 Å². The number of rotatable bonds is 6. The molecule has 0 bridgehead atoms. The zero-order valence-corrected chi connectivity index (χ0v) is 12.4. The summed E-state index contributed by atoms with van der Waals surface area (Å²) >= 11 is 0. The molecule has 0 radical (unpaired) electrons. The van der Waals surface area contributed by atoms with Crippen molar-refractivity contribution in [3.8, 4) is 0 Å². The van der Waals surface area contributed by atoms with Crippen molar-refractivity contribution in [2.75, 3.05) is 45.6 Å². The summed E-state index contributed by atoms with van der Waals surface area (Å²) in [6.07, 6.45) is 5.49. The summed E-state index contributed by atoms with van der Waals surface area (Å²) in [5.41, 5.74) is 1.45. The van der Waals surface area contributed by atoms with Crippen molar-refractivity contribution in [1.29, 1.82) is 0 Å². The van der Waals surface area contributed by atoms with Crippen LogP contribution >= 0.6 is 0 Å². The van der Waals surface area contributed by atoms with Gasteiger partial charge in [-0.25, -0.2) is 0 Å². The first-order valence-corrected chi connectivity index (χ1v) is 7.31. The first-order chi connectivity index (χ1) is 9.66. The zero-order chi connectivity index (χ0) is 14.4. The predicted molar refractivity (Wildman–Crippen MR) is 81.0 cm³/mol. The number of amides is 1. The van der Waals surface area contributed by atoms with Crippen LogP contribution < -0.4 is 5.32 Å². The molecule has 1 fully saturated rings. The van der Waals surface area contributed by atoms with Crippen LogP contribution in [0.3, 0.4) is 0 Å². The Hall–Kier alpha value is -1.62. The third-order valence-corrected chi connectivity index (χ3v) is 3.56. The smallest absolute Gasteiger partial charge is 0.272 e. The molecule has 5 heteroatoms. The zero-order valence-electron chi connectivity index (χ0n) is 12.4. The number of aromatic nitrogens is 1. The van der Waals surface area contributed by atoms with Gasteiger partial charge in [0, 0.05) is 32.5 Å². The maximum absolute atomic E-state index is 11.8. The molecule has 0 aromatic carbocycles. The standard InChI is InChI=1S/C15H24N4O/c1-18(2)15(20)14-12-13(6-8-17-14)16-7-5-11-19-9-3-4-10-19/h6,8,12H,3-5,7,9-11H2,1-2H3,(H,16,17). The van der Waals surface area contributed by atoms with E-state index in [1.807, 2.05) is 12.1 Å². The average molecular weight is 276 g/mol. The van der Waals surface area contributed by atoms with Gasteiger partial charge in [0.15, 0.2) is 0 Å². The number of carbonyl (C=O) groups is 1. The highest BCUT2D eigenvalue weighted by Gasteiger charge is 2.11. The SMILES string of the molecule is CN(C)C(=O)c1cc(NCCCN2CCCC2)ccn1. The number of hydrogen-bond donors (Lipinski definition) is 1. The van der Waals surface area contributed by atoms with Crippen LogP contribution in [0.25, 0.3) is 0 Å². The van der Waals surface area contributed by atoms with Gasteiger partial charge in [0.1, 0.15) is 5.69 Å². The van der Waals surface area contributed by atoms with E-state index in [2.05, 4.69) is 15.2 Å². The number of nitrogens with one attached hydrogen (secondary N) is 1. The maximum atomic E-state index is 11.8. The minimum Gasteiger partial charge on any atom is -0.385 e. The van der Waals surface area contributed by atoms with Crippen molar-refractivity contribution >= 4 is 11.6 Å². The second-order valence-electron chi connectivity index (χ2n) is 5.46. The lowest BCUT2D eigenvalue weighted by Crippen LogP contribution is -2.23. The molecule has 20 heavy (non-hydrogen) atoms. The normalized spacial score (nSPS) is 15.3. The van der Waals surface area contributed by atoms with E-state index >= 15 is 0 Å². The molecule has 1 aliphatic heterocycles. The fraction of sp³-hybridized carbons (Fsp3) is 0.600. The Bertz CT molecular complexity index is 441. The van der Waals surface area contributed by atoms with Gasteiger partial charge in [-0.05, 0) is 51.0 Å². The summed E-state index contributed by atoms with van der Waals surface area (Å²) in [5.74, 6) is -0.0642. The van der Waals surface area contributed by atoms with Gasteiger partial charge >= 0.3 is 0 Å². The van der Waals surface area contributed by atoms with Crippen molar-refractivity contribution in [2.45, 2.75) is 19.3 Å². The maximum Gasteiger partial charge on any atom is 0.272 e. The summed E-state index contributed by atoms with van der Waals surface area (Å²) in [7, 11) is 3.47. The largest absolute Gasteiger partial charge is 0.385 e. The Morgan fingerprint density at radius 2 is 2.15 bits per heavy atom. The highest BCUT2D eigenvalue weighted by atomic mass is 16.2. The third kappa shape index (κ3) is 4.20. The molecule has 110 valence electrons. The topological polar surface area (TPSA) is 48.5 Å². The van der Waals surface area contributed by atoms with Crippen LogP contribution in [-0.4, -0.2) is 61.0 Å². The lowest BCUT2D eigenvalue weighted by Gasteiger charge is -2.15. The average Bonchev–Trinajstić information content (AvgIpc) is 2.96. The minimum absolute atomic E-state index is 0.0642.